The highest BCUT2D eigenvalue weighted by Crippen LogP contribution is 2.36. The van der Waals surface area contributed by atoms with Crippen molar-refractivity contribution in [2.75, 3.05) is 0 Å². The van der Waals surface area contributed by atoms with Crippen LogP contribution in [0.4, 0.5) is 0 Å². The van der Waals surface area contributed by atoms with Crippen molar-refractivity contribution in [1.82, 2.24) is 0 Å². The first-order valence-electron chi connectivity index (χ1n) is 9.85. The van der Waals surface area contributed by atoms with Gasteiger partial charge in [-0.2, -0.15) is 0 Å². The van der Waals surface area contributed by atoms with E-state index in [9.17, 15) is 20.1 Å². The van der Waals surface area contributed by atoms with E-state index >= 15 is 0 Å². The molecule has 27 heavy (non-hydrogen) atoms. The van der Waals surface area contributed by atoms with Gasteiger partial charge in [-0.05, 0) is 38.0 Å². The predicted octanol–water partition coefficient (Wildman–Crippen LogP) is 3.38. The number of aliphatic hydroxyl groups excluding tert-OH is 3. The number of aliphatic hydroxyl groups is 3. The van der Waals surface area contributed by atoms with E-state index in [1.165, 1.54) is 0 Å². The van der Waals surface area contributed by atoms with Gasteiger partial charge in [0, 0.05) is 18.8 Å². The van der Waals surface area contributed by atoms with Gasteiger partial charge >= 0.3 is 5.97 Å². The van der Waals surface area contributed by atoms with Gasteiger partial charge in [0.2, 0.25) is 0 Å². The molecular formula is C22H34O5. The number of allylic oxidation sites excluding steroid dienone is 5. The summed E-state index contributed by atoms with van der Waals surface area (Å²) >= 11 is 0. The minimum atomic E-state index is -0.798. The summed E-state index contributed by atoms with van der Waals surface area (Å²) in [6.45, 7) is 2.06. The Morgan fingerprint density at radius 2 is 1.81 bits per heavy atom. The molecule has 0 bridgehead atoms. The zero-order chi connectivity index (χ0) is 20.1. The molecular weight excluding hydrogens is 344 g/mol. The van der Waals surface area contributed by atoms with Gasteiger partial charge in [-0.3, -0.25) is 4.79 Å². The van der Waals surface area contributed by atoms with Crippen LogP contribution in [-0.2, 0) is 4.79 Å². The molecule has 0 aromatic carbocycles. The lowest BCUT2D eigenvalue weighted by Crippen LogP contribution is -2.20. The standard InChI is InChI=1S/C22H34O5/c1-2-3-8-12-18-19(21(25)16-20(18)24)15-14-17(23)11-9-6-4-5-7-10-13-22(26)27/h3,5-9,14-15,17-21,23-25H,2,4,10-13,16H2,1H3,(H,26,27)/b7-5-,8-3-,9-6-,15-14+/t17-,18+,19-,20-,21+/m0/s1. The minimum Gasteiger partial charge on any atom is -0.481 e. The average Bonchev–Trinajstić information content (AvgIpc) is 2.88. The molecule has 0 aliphatic heterocycles. The molecule has 0 unspecified atom stereocenters. The molecule has 5 atom stereocenters. The number of rotatable bonds is 12. The molecule has 0 aromatic rings. The summed E-state index contributed by atoms with van der Waals surface area (Å²) < 4.78 is 0. The third-order valence-electron chi connectivity index (χ3n) is 4.79. The number of hydrogen-bond acceptors (Lipinski definition) is 4. The SMILES string of the molecule is CC/C=C\C[C@@H]1[C@H](/C=C/[C@@H](O)C/C=C\C/C=C\CCC(=O)O)[C@H](O)C[C@@H]1O. The average molecular weight is 379 g/mol. The highest BCUT2D eigenvalue weighted by Gasteiger charge is 2.39. The molecule has 5 nitrogen and oxygen atoms in total. The van der Waals surface area contributed by atoms with Crippen molar-refractivity contribution in [1.29, 1.82) is 0 Å². The van der Waals surface area contributed by atoms with Gasteiger partial charge in [0.15, 0.2) is 0 Å². The smallest absolute Gasteiger partial charge is 0.303 e. The minimum absolute atomic E-state index is 0.0160. The first-order chi connectivity index (χ1) is 13.0. The first-order valence-corrected chi connectivity index (χ1v) is 9.85. The van der Waals surface area contributed by atoms with E-state index in [0.717, 1.165) is 12.8 Å². The third-order valence-corrected chi connectivity index (χ3v) is 4.79. The Labute approximate surface area is 162 Å². The van der Waals surface area contributed by atoms with Gasteiger partial charge in [0.05, 0.1) is 18.3 Å². The van der Waals surface area contributed by atoms with E-state index in [1.807, 2.05) is 30.4 Å². The largest absolute Gasteiger partial charge is 0.481 e. The summed E-state index contributed by atoms with van der Waals surface area (Å²) in [6.07, 6.45) is 17.4. The number of aliphatic carboxylic acids is 1. The topological polar surface area (TPSA) is 98.0 Å². The van der Waals surface area contributed by atoms with Gasteiger partial charge in [0.25, 0.3) is 0 Å². The number of hydrogen-bond donors (Lipinski definition) is 4. The zero-order valence-corrected chi connectivity index (χ0v) is 16.2. The van der Waals surface area contributed by atoms with Crippen LogP contribution in [0.3, 0.4) is 0 Å². The molecule has 0 saturated heterocycles. The molecule has 1 aliphatic carbocycles. The van der Waals surface area contributed by atoms with Crippen LogP contribution < -0.4 is 0 Å². The van der Waals surface area contributed by atoms with Crippen LogP contribution in [0.5, 0.6) is 0 Å². The monoisotopic (exact) mass is 378 g/mol. The van der Waals surface area contributed by atoms with Crippen molar-refractivity contribution in [3.8, 4) is 0 Å². The van der Waals surface area contributed by atoms with Crippen LogP contribution in [0.15, 0.2) is 48.6 Å². The predicted molar refractivity (Wildman–Crippen MR) is 107 cm³/mol. The van der Waals surface area contributed by atoms with Gasteiger partial charge < -0.3 is 20.4 Å². The van der Waals surface area contributed by atoms with E-state index in [0.29, 0.717) is 25.7 Å². The molecule has 5 heteroatoms. The molecule has 0 radical (unpaired) electrons. The maximum atomic E-state index is 10.4. The lowest BCUT2D eigenvalue weighted by atomic mass is 9.89. The fraction of sp³-hybridized carbons (Fsp3) is 0.591. The molecule has 152 valence electrons. The van der Waals surface area contributed by atoms with E-state index in [1.54, 1.807) is 6.08 Å². The van der Waals surface area contributed by atoms with Crippen molar-refractivity contribution in [2.24, 2.45) is 11.8 Å². The maximum Gasteiger partial charge on any atom is 0.303 e. The Balaban J connectivity index is 2.39. The molecule has 1 fully saturated rings. The van der Waals surface area contributed by atoms with Gasteiger partial charge in [0.1, 0.15) is 0 Å². The summed E-state index contributed by atoms with van der Waals surface area (Å²) in [4.78, 5) is 10.4. The fourth-order valence-electron chi connectivity index (χ4n) is 3.29. The molecule has 1 aliphatic rings. The molecule has 4 N–H and O–H groups in total. The van der Waals surface area contributed by atoms with Gasteiger partial charge in [-0.25, -0.2) is 0 Å². The van der Waals surface area contributed by atoms with Crippen LogP contribution in [-0.4, -0.2) is 44.7 Å². The van der Waals surface area contributed by atoms with Gasteiger partial charge in [-0.15, -0.1) is 0 Å². The van der Waals surface area contributed by atoms with E-state index in [2.05, 4.69) is 19.1 Å². The van der Waals surface area contributed by atoms with Crippen molar-refractivity contribution >= 4 is 5.97 Å². The molecule has 0 spiro atoms. The summed E-state index contributed by atoms with van der Waals surface area (Å²) in [5.41, 5.74) is 0. The van der Waals surface area contributed by atoms with Crippen LogP contribution in [0.1, 0.15) is 51.9 Å². The van der Waals surface area contributed by atoms with Crippen LogP contribution in [0.2, 0.25) is 0 Å². The van der Waals surface area contributed by atoms with Crippen molar-refractivity contribution < 1.29 is 25.2 Å². The van der Waals surface area contributed by atoms with Crippen LogP contribution in [0.25, 0.3) is 0 Å². The summed E-state index contributed by atoms with van der Waals surface area (Å²) in [7, 11) is 0. The highest BCUT2D eigenvalue weighted by atomic mass is 16.4. The van der Waals surface area contributed by atoms with E-state index < -0.39 is 24.3 Å². The summed E-state index contributed by atoms with van der Waals surface area (Å²) in [5, 5.41) is 38.9. The number of carbonyl (C=O) groups is 1. The third kappa shape index (κ3) is 9.70. The molecule has 0 heterocycles. The van der Waals surface area contributed by atoms with E-state index in [-0.39, 0.29) is 18.3 Å². The molecule has 0 amide bonds. The Kier molecular flexibility index (Phi) is 11.7. The van der Waals surface area contributed by atoms with Crippen molar-refractivity contribution in [3.63, 3.8) is 0 Å². The molecule has 0 aromatic heterocycles. The fourth-order valence-corrected chi connectivity index (χ4v) is 3.29. The molecule has 1 saturated carbocycles. The Morgan fingerprint density at radius 3 is 2.52 bits per heavy atom. The highest BCUT2D eigenvalue weighted by molar-refractivity contribution is 5.66. The number of carboxylic acids is 1. The Hall–Kier alpha value is -1.69. The normalized spacial score (nSPS) is 27.6. The Bertz CT molecular complexity index is 535. The lowest BCUT2D eigenvalue weighted by Gasteiger charge is -2.19. The van der Waals surface area contributed by atoms with E-state index in [4.69, 9.17) is 5.11 Å². The number of carboxylic acid groups (broad SMARTS) is 1. The Morgan fingerprint density at radius 1 is 1.07 bits per heavy atom. The van der Waals surface area contributed by atoms with Crippen LogP contribution in [0, 0.1) is 11.8 Å². The van der Waals surface area contributed by atoms with Crippen LogP contribution >= 0.6 is 0 Å². The van der Waals surface area contributed by atoms with Crippen molar-refractivity contribution in [3.05, 3.63) is 48.6 Å². The summed E-state index contributed by atoms with van der Waals surface area (Å²) in [5.74, 6) is -0.955. The second-order valence-electron chi connectivity index (χ2n) is 7.03. The quantitative estimate of drug-likeness (QED) is 0.390. The summed E-state index contributed by atoms with van der Waals surface area (Å²) in [6, 6.07) is 0. The lowest BCUT2D eigenvalue weighted by molar-refractivity contribution is -0.136. The maximum absolute atomic E-state index is 10.4. The zero-order valence-electron chi connectivity index (χ0n) is 16.2. The molecule has 1 rings (SSSR count). The first kappa shape index (κ1) is 23.3. The van der Waals surface area contributed by atoms with Gasteiger partial charge in [-0.1, -0.05) is 55.5 Å². The second kappa shape index (κ2) is 13.5. The van der Waals surface area contributed by atoms with Crippen molar-refractivity contribution in [2.45, 2.75) is 70.2 Å². The second-order valence-corrected chi connectivity index (χ2v) is 7.03.